The number of benzene rings is 1. The van der Waals surface area contributed by atoms with Crippen molar-refractivity contribution in [1.82, 2.24) is 0 Å². The molecule has 1 nitrogen and oxygen atoms in total. The maximum atomic E-state index is 12.6. The molecule has 0 amide bonds. The highest BCUT2D eigenvalue weighted by Crippen LogP contribution is 2.49. The van der Waals surface area contributed by atoms with Crippen molar-refractivity contribution in [2.45, 2.75) is 84.5 Å². The number of rotatable bonds is 11. The number of carbonyl (C=O) groups excluding carboxylic acids is 1. The van der Waals surface area contributed by atoms with Gasteiger partial charge in [-0.05, 0) is 36.7 Å². The highest BCUT2D eigenvalue weighted by Gasteiger charge is 2.45. The lowest BCUT2D eigenvalue weighted by Crippen LogP contribution is -2.27. The molecule has 0 spiro atoms. The third-order valence-electron chi connectivity index (χ3n) is 5.96. The first kappa shape index (κ1) is 19.9. The van der Waals surface area contributed by atoms with Gasteiger partial charge in [0.2, 0.25) is 0 Å². The summed E-state index contributed by atoms with van der Waals surface area (Å²) < 4.78 is 0. The largest absolute Gasteiger partial charge is 0.299 e. The molecule has 1 fully saturated rings. The molecule has 1 unspecified atom stereocenters. The fourth-order valence-corrected chi connectivity index (χ4v) is 4.43. The second kappa shape index (κ2) is 10.6. The smallest absolute Gasteiger partial charge is 0.140 e. The lowest BCUT2D eigenvalue weighted by Gasteiger charge is -2.34. The summed E-state index contributed by atoms with van der Waals surface area (Å²) in [4.78, 5) is 12.6. The van der Waals surface area contributed by atoms with Crippen LogP contribution in [0.3, 0.4) is 0 Å². The van der Waals surface area contributed by atoms with Gasteiger partial charge in [0, 0.05) is 12.3 Å². The molecule has 0 heterocycles. The minimum atomic E-state index is 0.157. The zero-order valence-electron chi connectivity index (χ0n) is 16.3. The molecule has 1 heteroatoms. The van der Waals surface area contributed by atoms with Gasteiger partial charge in [-0.2, -0.15) is 0 Å². The van der Waals surface area contributed by atoms with E-state index in [1.807, 2.05) is 0 Å². The molecule has 1 aromatic carbocycles. The van der Waals surface area contributed by atoms with Crippen LogP contribution >= 0.6 is 0 Å². The van der Waals surface area contributed by atoms with Crippen molar-refractivity contribution >= 4 is 5.78 Å². The highest BCUT2D eigenvalue weighted by atomic mass is 16.1. The Labute approximate surface area is 154 Å². The van der Waals surface area contributed by atoms with Crippen LogP contribution in [0.25, 0.3) is 0 Å². The number of Topliss-reactive ketones (excluding diaryl/α,β-unsaturated/α-hetero) is 1. The zero-order chi connectivity index (χ0) is 18.0. The predicted octanol–water partition coefficient (Wildman–Crippen LogP) is 6.91. The van der Waals surface area contributed by atoms with E-state index in [4.69, 9.17) is 0 Å². The molecular formula is C24H36O. The highest BCUT2D eigenvalue weighted by molar-refractivity contribution is 5.86. The van der Waals surface area contributed by atoms with Gasteiger partial charge in [-0.3, -0.25) is 4.79 Å². The van der Waals surface area contributed by atoms with Crippen LogP contribution in [-0.2, 0) is 11.2 Å². The Morgan fingerprint density at radius 1 is 1.00 bits per heavy atom. The van der Waals surface area contributed by atoms with Gasteiger partial charge in [0.1, 0.15) is 5.78 Å². The Morgan fingerprint density at radius 3 is 2.24 bits per heavy atom. The molecule has 0 bridgehead atoms. The Morgan fingerprint density at radius 2 is 1.64 bits per heavy atom. The van der Waals surface area contributed by atoms with Crippen LogP contribution in [0.2, 0.25) is 0 Å². The van der Waals surface area contributed by atoms with Crippen LogP contribution in [-0.4, -0.2) is 5.78 Å². The van der Waals surface area contributed by atoms with Crippen LogP contribution in [0.5, 0.6) is 0 Å². The van der Waals surface area contributed by atoms with Gasteiger partial charge in [0.05, 0.1) is 0 Å². The van der Waals surface area contributed by atoms with Gasteiger partial charge in [-0.25, -0.2) is 0 Å². The zero-order valence-corrected chi connectivity index (χ0v) is 16.3. The van der Waals surface area contributed by atoms with Crippen LogP contribution in [0.1, 0.15) is 83.6 Å². The predicted molar refractivity (Wildman–Crippen MR) is 108 cm³/mol. The number of allylic oxidation sites excluding steroid dienone is 2. The van der Waals surface area contributed by atoms with Crippen molar-refractivity contribution in [1.29, 1.82) is 0 Å². The van der Waals surface area contributed by atoms with Gasteiger partial charge in [0.15, 0.2) is 0 Å². The van der Waals surface area contributed by atoms with Gasteiger partial charge in [-0.15, -0.1) is 0 Å². The molecule has 1 aromatic rings. The van der Waals surface area contributed by atoms with E-state index in [2.05, 4.69) is 56.3 Å². The molecule has 0 aromatic heterocycles. The van der Waals surface area contributed by atoms with Crippen LogP contribution < -0.4 is 0 Å². The molecule has 0 aliphatic heterocycles. The van der Waals surface area contributed by atoms with Crippen molar-refractivity contribution in [3.63, 3.8) is 0 Å². The van der Waals surface area contributed by atoms with Crippen LogP contribution in [0.15, 0.2) is 42.5 Å². The van der Waals surface area contributed by atoms with E-state index in [-0.39, 0.29) is 11.3 Å². The molecule has 1 atom stereocenters. The average molecular weight is 341 g/mol. The first-order valence-electron chi connectivity index (χ1n) is 10.4. The molecule has 138 valence electrons. The second-order valence-electron chi connectivity index (χ2n) is 7.84. The number of ketones is 1. The fraction of sp³-hybridized carbons (Fsp3) is 0.625. The maximum absolute atomic E-state index is 12.6. The summed E-state index contributed by atoms with van der Waals surface area (Å²) in [6, 6.07) is 10.6. The number of unbranched alkanes of at least 4 members (excludes halogenated alkanes) is 4. The average Bonchev–Trinajstić information content (AvgIpc) is 2.93. The molecule has 1 saturated carbocycles. The van der Waals surface area contributed by atoms with Crippen molar-refractivity contribution < 1.29 is 4.79 Å². The van der Waals surface area contributed by atoms with Crippen molar-refractivity contribution in [3.05, 3.63) is 48.0 Å². The van der Waals surface area contributed by atoms with E-state index in [1.165, 1.54) is 56.9 Å². The minimum Gasteiger partial charge on any atom is -0.299 e. The quantitative estimate of drug-likeness (QED) is 0.316. The summed E-state index contributed by atoms with van der Waals surface area (Å²) in [5, 5.41) is 0. The summed E-state index contributed by atoms with van der Waals surface area (Å²) in [5.41, 5.74) is 1.57. The maximum Gasteiger partial charge on any atom is 0.140 e. The number of hydrogen-bond donors (Lipinski definition) is 0. The summed E-state index contributed by atoms with van der Waals surface area (Å²) in [5.74, 6) is 0.641. The van der Waals surface area contributed by atoms with E-state index in [0.29, 0.717) is 5.78 Å². The SMILES string of the molecule is CCCCCC1(CCCCC)CCC(=O)C1/C=C\Cc1ccccc1. The summed E-state index contributed by atoms with van der Waals surface area (Å²) in [7, 11) is 0. The van der Waals surface area contributed by atoms with Crippen molar-refractivity contribution in [2.24, 2.45) is 11.3 Å². The molecule has 25 heavy (non-hydrogen) atoms. The lowest BCUT2D eigenvalue weighted by molar-refractivity contribution is -0.120. The molecular weight excluding hydrogens is 304 g/mol. The third-order valence-corrected chi connectivity index (χ3v) is 5.96. The van der Waals surface area contributed by atoms with Crippen LogP contribution in [0.4, 0.5) is 0 Å². The normalized spacial score (nSPS) is 19.8. The number of hydrogen-bond acceptors (Lipinski definition) is 1. The second-order valence-corrected chi connectivity index (χ2v) is 7.84. The minimum absolute atomic E-state index is 0.157. The molecule has 0 N–H and O–H groups in total. The Hall–Kier alpha value is -1.37. The molecule has 2 rings (SSSR count). The summed E-state index contributed by atoms with van der Waals surface area (Å²) >= 11 is 0. The third kappa shape index (κ3) is 5.83. The molecule has 1 aliphatic rings. The topological polar surface area (TPSA) is 17.1 Å². The first-order valence-corrected chi connectivity index (χ1v) is 10.4. The van der Waals surface area contributed by atoms with Crippen molar-refractivity contribution in [3.8, 4) is 0 Å². The van der Waals surface area contributed by atoms with E-state index in [9.17, 15) is 4.79 Å². The molecule has 0 saturated heterocycles. The Kier molecular flexibility index (Phi) is 8.44. The summed E-state index contributed by atoms with van der Waals surface area (Å²) in [6.45, 7) is 4.53. The Bertz CT molecular complexity index is 518. The molecule has 1 aliphatic carbocycles. The van der Waals surface area contributed by atoms with Gasteiger partial charge < -0.3 is 0 Å². The molecule has 0 radical (unpaired) electrons. The van der Waals surface area contributed by atoms with Crippen molar-refractivity contribution in [2.75, 3.05) is 0 Å². The van der Waals surface area contributed by atoms with E-state index in [0.717, 1.165) is 19.3 Å². The summed E-state index contributed by atoms with van der Waals surface area (Å²) in [6.07, 6.45) is 17.5. The van der Waals surface area contributed by atoms with E-state index in [1.54, 1.807) is 0 Å². The fourth-order valence-electron chi connectivity index (χ4n) is 4.43. The van der Waals surface area contributed by atoms with Gasteiger partial charge in [0.25, 0.3) is 0 Å². The van der Waals surface area contributed by atoms with E-state index < -0.39 is 0 Å². The van der Waals surface area contributed by atoms with Crippen LogP contribution in [0, 0.1) is 11.3 Å². The lowest BCUT2D eigenvalue weighted by atomic mass is 9.70. The van der Waals surface area contributed by atoms with Gasteiger partial charge >= 0.3 is 0 Å². The number of carbonyl (C=O) groups is 1. The monoisotopic (exact) mass is 340 g/mol. The Balaban J connectivity index is 2.06. The standard InChI is InChI=1S/C24H36O/c1-3-5-10-18-24(19-11-6-4-2)20-17-23(25)22(24)16-12-15-21-13-8-7-9-14-21/h7-9,12-14,16,22H,3-6,10-11,15,17-20H2,1-2H3/b16-12-. The van der Waals surface area contributed by atoms with Gasteiger partial charge in [-0.1, -0.05) is 94.9 Å². The van der Waals surface area contributed by atoms with E-state index >= 15 is 0 Å². The first-order chi connectivity index (χ1) is 12.2.